The number of thiazole rings is 1. The van der Waals surface area contributed by atoms with E-state index >= 15 is 0 Å². The van der Waals surface area contributed by atoms with Crippen molar-refractivity contribution in [3.05, 3.63) is 39.8 Å². The maximum absolute atomic E-state index is 5.40. The lowest BCUT2D eigenvalue weighted by atomic mass is 9.93. The zero-order valence-electron chi connectivity index (χ0n) is 15.0. The van der Waals surface area contributed by atoms with Crippen LogP contribution in [-0.4, -0.2) is 24.8 Å². The molecule has 0 unspecified atom stereocenters. The lowest BCUT2D eigenvalue weighted by Gasteiger charge is -2.14. The maximum atomic E-state index is 5.40. The second-order valence-corrected chi connectivity index (χ2v) is 7.79. The summed E-state index contributed by atoms with van der Waals surface area (Å²) in [5.74, 6) is 2.33. The van der Waals surface area contributed by atoms with Crippen molar-refractivity contribution in [2.75, 3.05) is 13.8 Å². The van der Waals surface area contributed by atoms with Gasteiger partial charge < -0.3 is 20.1 Å². The molecule has 2 aromatic rings. The fourth-order valence-electron chi connectivity index (χ4n) is 2.35. The molecule has 0 saturated carbocycles. The van der Waals surface area contributed by atoms with Crippen molar-refractivity contribution in [1.29, 1.82) is 0 Å². The molecule has 0 spiro atoms. The van der Waals surface area contributed by atoms with Crippen molar-refractivity contribution in [2.24, 2.45) is 4.99 Å². The van der Waals surface area contributed by atoms with Crippen molar-refractivity contribution in [1.82, 2.24) is 15.6 Å². The minimum atomic E-state index is 0.0774. The third-order valence-corrected chi connectivity index (χ3v) is 4.70. The summed E-state index contributed by atoms with van der Waals surface area (Å²) in [6, 6.07) is 5.93. The second-order valence-electron chi connectivity index (χ2n) is 6.84. The highest BCUT2D eigenvalue weighted by molar-refractivity contribution is 7.09. The maximum Gasteiger partial charge on any atom is 0.231 e. The highest BCUT2D eigenvalue weighted by Crippen LogP contribution is 2.32. The quantitative estimate of drug-likeness (QED) is 0.648. The summed E-state index contributed by atoms with van der Waals surface area (Å²) >= 11 is 1.67. The van der Waals surface area contributed by atoms with Crippen molar-refractivity contribution in [3.63, 3.8) is 0 Å². The fraction of sp³-hybridized carbons (Fsp3) is 0.444. The molecular formula is C18H24N4O2S. The Labute approximate surface area is 152 Å². The number of nitrogens with zero attached hydrogens (tertiary/aromatic N) is 2. The monoisotopic (exact) mass is 360 g/mol. The molecule has 7 heteroatoms. The van der Waals surface area contributed by atoms with Gasteiger partial charge in [-0.15, -0.1) is 11.3 Å². The summed E-state index contributed by atoms with van der Waals surface area (Å²) in [7, 11) is 1.76. The van der Waals surface area contributed by atoms with Gasteiger partial charge in [0.2, 0.25) is 6.79 Å². The fourth-order valence-corrected chi connectivity index (χ4v) is 3.31. The number of hydrogen-bond donors (Lipinski definition) is 2. The molecule has 0 aliphatic carbocycles. The molecule has 3 rings (SSSR count). The molecule has 6 nitrogen and oxygen atoms in total. The van der Waals surface area contributed by atoms with Crippen LogP contribution in [0, 0.1) is 0 Å². The SMILES string of the molecule is CN=C(NCc1ccc2c(c1)OCO2)NCc1nc(C(C)(C)C)cs1. The number of rotatable bonds is 4. The topological polar surface area (TPSA) is 67.8 Å². The van der Waals surface area contributed by atoms with Crippen molar-refractivity contribution in [3.8, 4) is 11.5 Å². The van der Waals surface area contributed by atoms with Gasteiger partial charge in [0.05, 0.1) is 12.2 Å². The zero-order chi connectivity index (χ0) is 17.9. The van der Waals surface area contributed by atoms with Crippen LogP contribution < -0.4 is 20.1 Å². The molecule has 134 valence electrons. The highest BCUT2D eigenvalue weighted by atomic mass is 32.1. The molecule has 0 atom stereocenters. The average Bonchev–Trinajstić information content (AvgIpc) is 3.23. The normalized spacial score (nSPS) is 13.8. The molecule has 0 saturated heterocycles. The molecule has 2 N–H and O–H groups in total. The van der Waals surface area contributed by atoms with Crippen LogP contribution in [0.5, 0.6) is 11.5 Å². The van der Waals surface area contributed by atoms with Gasteiger partial charge in [-0.3, -0.25) is 4.99 Å². The van der Waals surface area contributed by atoms with Gasteiger partial charge in [-0.2, -0.15) is 0 Å². The predicted molar refractivity (Wildman–Crippen MR) is 100 cm³/mol. The number of guanidine groups is 1. The number of aliphatic imine (C=N–C) groups is 1. The number of hydrogen-bond acceptors (Lipinski definition) is 5. The Hall–Kier alpha value is -2.28. The number of ether oxygens (including phenoxy) is 2. The second kappa shape index (κ2) is 7.31. The van der Waals surface area contributed by atoms with Crippen LogP contribution in [-0.2, 0) is 18.5 Å². The molecule has 25 heavy (non-hydrogen) atoms. The minimum Gasteiger partial charge on any atom is -0.454 e. The van der Waals surface area contributed by atoms with E-state index < -0.39 is 0 Å². The van der Waals surface area contributed by atoms with Gasteiger partial charge in [0.25, 0.3) is 0 Å². The van der Waals surface area contributed by atoms with E-state index in [-0.39, 0.29) is 5.41 Å². The lowest BCUT2D eigenvalue weighted by molar-refractivity contribution is 0.174. The van der Waals surface area contributed by atoms with E-state index in [2.05, 4.69) is 46.8 Å². The molecule has 1 aromatic heterocycles. The van der Waals surface area contributed by atoms with Gasteiger partial charge in [-0.1, -0.05) is 26.8 Å². The molecule has 1 aliphatic rings. The van der Waals surface area contributed by atoms with E-state index in [4.69, 9.17) is 9.47 Å². The van der Waals surface area contributed by atoms with E-state index in [0.29, 0.717) is 19.9 Å². The summed E-state index contributed by atoms with van der Waals surface area (Å²) in [6.45, 7) is 8.12. The van der Waals surface area contributed by atoms with E-state index in [1.165, 1.54) is 0 Å². The molecule has 1 aromatic carbocycles. The van der Waals surface area contributed by atoms with E-state index in [0.717, 1.165) is 33.7 Å². The zero-order valence-corrected chi connectivity index (χ0v) is 15.9. The van der Waals surface area contributed by atoms with Gasteiger partial charge in [0.1, 0.15) is 5.01 Å². The van der Waals surface area contributed by atoms with Crippen molar-refractivity contribution >= 4 is 17.3 Å². The molecule has 0 bridgehead atoms. The van der Waals surface area contributed by atoms with Crippen molar-refractivity contribution < 1.29 is 9.47 Å². The van der Waals surface area contributed by atoms with E-state index in [9.17, 15) is 0 Å². The number of aromatic nitrogens is 1. The predicted octanol–water partition coefficient (Wildman–Crippen LogP) is 3.03. The summed E-state index contributed by atoms with van der Waals surface area (Å²) in [4.78, 5) is 8.95. The van der Waals surface area contributed by atoms with Crippen LogP contribution in [0.3, 0.4) is 0 Å². The first-order chi connectivity index (χ1) is 12.0. The van der Waals surface area contributed by atoms with Gasteiger partial charge in [-0.25, -0.2) is 4.98 Å². The first kappa shape index (κ1) is 17.5. The largest absolute Gasteiger partial charge is 0.454 e. The van der Waals surface area contributed by atoms with E-state index in [1.54, 1.807) is 18.4 Å². The highest BCUT2D eigenvalue weighted by Gasteiger charge is 2.17. The van der Waals surface area contributed by atoms with Crippen LogP contribution in [0.1, 0.15) is 37.0 Å². The van der Waals surface area contributed by atoms with Crippen LogP contribution in [0.2, 0.25) is 0 Å². The Bertz CT molecular complexity index is 765. The minimum absolute atomic E-state index is 0.0774. The Morgan fingerprint density at radius 1 is 1.20 bits per heavy atom. The summed E-state index contributed by atoms with van der Waals surface area (Å²) in [6.07, 6.45) is 0. The average molecular weight is 360 g/mol. The smallest absolute Gasteiger partial charge is 0.231 e. The molecule has 0 fully saturated rings. The third-order valence-electron chi connectivity index (χ3n) is 3.85. The lowest BCUT2D eigenvalue weighted by Crippen LogP contribution is -2.36. The van der Waals surface area contributed by atoms with Gasteiger partial charge in [-0.05, 0) is 17.7 Å². The summed E-state index contributed by atoms with van der Waals surface area (Å²) in [5, 5.41) is 9.78. The summed E-state index contributed by atoms with van der Waals surface area (Å²) < 4.78 is 10.7. The number of fused-ring (bicyclic) bond motifs is 1. The van der Waals surface area contributed by atoms with Crippen LogP contribution in [0.25, 0.3) is 0 Å². The van der Waals surface area contributed by atoms with E-state index in [1.807, 2.05) is 18.2 Å². The Balaban J connectivity index is 1.52. The molecule has 0 amide bonds. The number of benzene rings is 1. The first-order valence-corrected chi connectivity index (χ1v) is 9.11. The Morgan fingerprint density at radius 3 is 2.68 bits per heavy atom. The van der Waals surface area contributed by atoms with Crippen LogP contribution in [0.15, 0.2) is 28.6 Å². The van der Waals surface area contributed by atoms with Crippen LogP contribution >= 0.6 is 11.3 Å². The van der Waals surface area contributed by atoms with Gasteiger partial charge in [0.15, 0.2) is 17.5 Å². The molecule has 0 radical (unpaired) electrons. The van der Waals surface area contributed by atoms with Gasteiger partial charge >= 0.3 is 0 Å². The molecule has 1 aliphatic heterocycles. The standard InChI is InChI=1S/C18H24N4O2S/c1-18(2,3)15-10-25-16(22-15)9-21-17(19-4)20-8-12-5-6-13-14(7-12)24-11-23-13/h5-7,10H,8-9,11H2,1-4H3,(H2,19,20,21). The first-order valence-electron chi connectivity index (χ1n) is 8.23. The third kappa shape index (κ3) is 4.42. The summed E-state index contributed by atoms with van der Waals surface area (Å²) in [5.41, 5.74) is 2.31. The molecule has 2 heterocycles. The number of nitrogens with one attached hydrogen (secondary N) is 2. The van der Waals surface area contributed by atoms with Crippen molar-refractivity contribution in [2.45, 2.75) is 39.3 Å². The van der Waals surface area contributed by atoms with Gasteiger partial charge in [0, 0.05) is 24.4 Å². The van der Waals surface area contributed by atoms with Crippen LogP contribution in [0.4, 0.5) is 0 Å². The molecular weight excluding hydrogens is 336 g/mol. The Kier molecular flexibility index (Phi) is 5.13. The Morgan fingerprint density at radius 2 is 1.96 bits per heavy atom.